The third kappa shape index (κ3) is 3.41. The summed E-state index contributed by atoms with van der Waals surface area (Å²) in [4.78, 5) is 0. The minimum Gasteiger partial charge on any atom is -0.419 e. The van der Waals surface area contributed by atoms with E-state index in [1.807, 2.05) is 37.3 Å². The molecule has 2 aromatic heterocycles. The van der Waals surface area contributed by atoms with Crippen molar-refractivity contribution in [1.82, 2.24) is 20.0 Å². The van der Waals surface area contributed by atoms with Crippen LogP contribution in [0.3, 0.4) is 0 Å². The molecule has 8 heteroatoms. The molecule has 1 saturated carbocycles. The molecule has 1 aliphatic rings. The molecule has 0 aliphatic heterocycles. The first-order valence-electron chi connectivity index (χ1n) is 9.66. The van der Waals surface area contributed by atoms with Gasteiger partial charge in [0.25, 0.3) is 5.89 Å². The number of halogens is 3. The van der Waals surface area contributed by atoms with E-state index in [-0.39, 0.29) is 0 Å². The predicted octanol–water partition coefficient (Wildman–Crippen LogP) is 7.13. The second-order valence-corrected chi connectivity index (χ2v) is 8.69. The average molecular weight is 460 g/mol. The lowest BCUT2D eigenvalue weighted by Crippen LogP contribution is -2.08. The zero-order valence-corrected chi connectivity index (χ0v) is 18.3. The van der Waals surface area contributed by atoms with Gasteiger partial charge in [-0.1, -0.05) is 53.4 Å². The average Bonchev–Trinajstić information content (AvgIpc) is 3.26. The van der Waals surface area contributed by atoms with Crippen LogP contribution in [0.2, 0.25) is 15.1 Å². The van der Waals surface area contributed by atoms with Crippen molar-refractivity contribution in [3.63, 3.8) is 0 Å². The first-order valence-corrected chi connectivity index (χ1v) is 10.8. The highest BCUT2D eigenvalue weighted by atomic mass is 35.5. The van der Waals surface area contributed by atoms with Gasteiger partial charge in [0, 0.05) is 27.1 Å². The molecule has 5 rings (SSSR count). The van der Waals surface area contributed by atoms with Crippen LogP contribution in [-0.2, 0) is 0 Å². The molecule has 1 aliphatic carbocycles. The Hall–Kier alpha value is -2.34. The van der Waals surface area contributed by atoms with E-state index < -0.39 is 0 Å². The van der Waals surface area contributed by atoms with E-state index in [1.54, 1.807) is 16.8 Å². The van der Waals surface area contributed by atoms with Gasteiger partial charge in [-0.05, 0) is 50.1 Å². The van der Waals surface area contributed by atoms with Gasteiger partial charge in [0.15, 0.2) is 5.69 Å². The largest absolute Gasteiger partial charge is 0.419 e. The first kappa shape index (κ1) is 19.6. The van der Waals surface area contributed by atoms with Crippen LogP contribution in [-0.4, -0.2) is 20.0 Å². The van der Waals surface area contributed by atoms with Gasteiger partial charge in [-0.25, -0.2) is 4.68 Å². The smallest absolute Gasteiger partial charge is 0.268 e. The topological polar surface area (TPSA) is 56.7 Å². The summed E-state index contributed by atoms with van der Waals surface area (Å²) in [6.45, 7) is 1.99. The number of rotatable bonds is 4. The van der Waals surface area contributed by atoms with E-state index in [1.165, 1.54) is 6.42 Å². The molecule has 0 saturated heterocycles. The highest BCUT2D eigenvalue weighted by molar-refractivity contribution is 6.35. The number of hydrogen-bond acceptors (Lipinski definition) is 4. The summed E-state index contributed by atoms with van der Waals surface area (Å²) >= 11 is 18.7. The molecule has 0 N–H and O–H groups in total. The number of hydrogen-bond donors (Lipinski definition) is 0. The van der Waals surface area contributed by atoms with Crippen LogP contribution in [0.5, 0.6) is 0 Å². The maximum absolute atomic E-state index is 6.51. The van der Waals surface area contributed by atoms with Gasteiger partial charge in [-0.15, -0.1) is 10.2 Å². The van der Waals surface area contributed by atoms with E-state index >= 15 is 0 Å². The van der Waals surface area contributed by atoms with Crippen molar-refractivity contribution in [3.8, 4) is 28.5 Å². The Morgan fingerprint density at radius 1 is 0.967 bits per heavy atom. The summed E-state index contributed by atoms with van der Waals surface area (Å²) in [5.41, 5.74) is 4.06. The molecule has 152 valence electrons. The molecule has 0 atom stereocenters. The zero-order valence-electron chi connectivity index (χ0n) is 16.1. The predicted molar refractivity (Wildman–Crippen MR) is 119 cm³/mol. The van der Waals surface area contributed by atoms with Crippen LogP contribution in [0.15, 0.2) is 46.9 Å². The van der Waals surface area contributed by atoms with Crippen molar-refractivity contribution in [1.29, 1.82) is 0 Å². The molecule has 0 unspecified atom stereocenters. The van der Waals surface area contributed by atoms with E-state index in [9.17, 15) is 0 Å². The lowest BCUT2D eigenvalue weighted by atomic mass is 9.85. The summed E-state index contributed by atoms with van der Waals surface area (Å²) in [6, 6.07) is 12.9. The van der Waals surface area contributed by atoms with Crippen molar-refractivity contribution in [3.05, 3.63) is 69.0 Å². The molecule has 1 fully saturated rings. The van der Waals surface area contributed by atoms with Crippen LogP contribution in [0, 0.1) is 6.92 Å². The molecule has 0 amide bonds. The fourth-order valence-corrected chi connectivity index (χ4v) is 4.24. The third-order valence-corrected chi connectivity index (χ3v) is 6.27. The van der Waals surface area contributed by atoms with Crippen molar-refractivity contribution in [2.24, 2.45) is 0 Å². The van der Waals surface area contributed by atoms with Gasteiger partial charge in [0.1, 0.15) is 0 Å². The second-order valence-electron chi connectivity index (χ2n) is 7.41. The van der Waals surface area contributed by atoms with E-state index in [4.69, 9.17) is 44.3 Å². The summed E-state index contributed by atoms with van der Waals surface area (Å²) in [7, 11) is 0. The Balaban J connectivity index is 1.69. The molecule has 4 aromatic rings. The number of aromatic nitrogens is 4. The summed E-state index contributed by atoms with van der Waals surface area (Å²) in [5.74, 6) is 1.45. The highest BCUT2D eigenvalue weighted by Crippen LogP contribution is 2.39. The molecule has 30 heavy (non-hydrogen) atoms. The van der Waals surface area contributed by atoms with Gasteiger partial charge in [-0.2, -0.15) is 5.10 Å². The Morgan fingerprint density at radius 2 is 1.70 bits per heavy atom. The second kappa shape index (κ2) is 7.73. The van der Waals surface area contributed by atoms with Crippen LogP contribution in [0.1, 0.15) is 36.6 Å². The van der Waals surface area contributed by atoms with Gasteiger partial charge in [0.2, 0.25) is 5.89 Å². The lowest BCUT2D eigenvalue weighted by molar-refractivity contribution is 0.338. The van der Waals surface area contributed by atoms with Crippen LogP contribution in [0.4, 0.5) is 0 Å². The van der Waals surface area contributed by atoms with Gasteiger partial charge < -0.3 is 4.42 Å². The Morgan fingerprint density at radius 3 is 2.37 bits per heavy atom. The van der Waals surface area contributed by atoms with Gasteiger partial charge >= 0.3 is 0 Å². The molecule has 0 spiro atoms. The SMILES string of the molecule is Cc1c(-c2nnc(C3CCC3)o2)nn(-c2ccc(Cl)cc2Cl)c1-c1ccc(Cl)cc1. The Bertz CT molecular complexity index is 1230. The molecular weight excluding hydrogens is 443 g/mol. The maximum atomic E-state index is 6.51. The Labute approximate surface area is 188 Å². The fraction of sp³-hybridized carbons (Fsp3) is 0.227. The van der Waals surface area contributed by atoms with Crippen LogP contribution < -0.4 is 0 Å². The van der Waals surface area contributed by atoms with Crippen molar-refractivity contribution in [2.75, 3.05) is 0 Å². The standard InChI is InChI=1S/C22H17Cl3N4O/c1-12-19(22-27-26-21(30-22)14-3-2-4-14)28-29(18-10-9-16(24)11-17(18)25)20(12)13-5-7-15(23)8-6-13/h5-11,14H,2-4H2,1H3. The van der Waals surface area contributed by atoms with E-state index in [2.05, 4.69) is 10.2 Å². The van der Waals surface area contributed by atoms with Crippen molar-refractivity contribution >= 4 is 34.8 Å². The maximum Gasteiger partial charge on any atom is 0.268 e. The normalized spacial score (nSPS) is 14.1. The minimum absolute atomic E-state index is 0.357. The number of nitrogens with zero attached hydrogens (tertiary/aromatic N) is 4. The molecule has 5 nitrogen and oxygen atoms in total. The van der Waals surface area contributed by atoms with Crippen molar-refractivity contribution < 1.29 is 4.42 Å². The quantitative estimate of drug-likeness (QED) is 0.326. The summed E-state index contributed by atoms with van der Waals surface area (Å²) in [5, 5.41) is 15.1. The van der Waals surface area contributed by atoms with Crippen LogP contribution in [0.25, 0.3) is 28.5 Å². The third-order valence-electron chi connectivity index (χ3n) is 5.48. The van der Waals surface area contributed by atoms with Gasteiger partial charge in [-0.3, -0.25) is 0 Å². The molecular formula is C22H17Cl3N4O. The molecule has 2 aromatic carbocycles. The highest BCUT2D eigenvalue weighted by Gasteiger charge is 2.28. The number of benzene rings is 2. The lowest BCUT2D eigenvalue weighted by Gasteiger charge is -2.20. The molecule has 0 bridgehead atoms. The zero-order chi connectivity index (χ0) is 20.8. The van der Waals surface area contributed by atoms with Crippen molar-refractivity contribution in [2.45, 2.75) is 32.1 Å². The fourth-order valence-electron chi connectivity index (χ4n) is 3.62. The first-order chi connectivity index (χ1) is 14.5. The van der Waals surface area contributed by atoms with Gasteiger partial charge in [0.05, 0.1) is 16.4 Å². The molecule has 0 radical (unpaired) electrons. The molecule has 2 heterocycles. The minimum atomic E-state index is 0.357. The van der Waals surface area contributed by atoms with E-state index in [0.717, 1.165) is 29.7 Å². The summed E-state index contributed by atoms with van der Waals surface area (Å²) in [6.07, 6.45) is 3.38. The Kier molecular flexibility index (Phi) is 5.05. The monoisotopic (exact) mass is 458 g/mol. The summed E-state index contributed by atoms with van der Waals surface area (Å²) < 4.78 is 7.78. The van der Waals surface area contributed by atoms with Crippen LogP contribution >= 0.6 is 34.8 Å². The van der Waals surface area contributed by atoms with E-state index in [0.29, 0.717) is 44.1 Å².